The lowest BCUT2D eigenvalue weighted by Gasteiger charge is -2.13. The molecule has 0 unspecified atom stereocenters. The van der Waals surface area contributed by atoms with Gasteiger partial charge in [-0.1, -0.05) is 23.4 Å². The Hall–Kier alpha value is -4.30. The minimum Gasteiger partial charge on any atom is -0.495 e. The summed E-state index contributed by atoms with van der Waals surface area (Å²) in [5.41, 5.74) is 3.43. The quantitative estimate of drug-likeness (QED) is 0.361. The van der Waals surface area contributed by atoms with E-state index in [1.807, 2.05) is 18.9 Å². The number of aryl methyl sites for hydroxylation is 2. The standard InChI is InChI=1S/C24H23N5O5S/c1-5-21(30)25-11-18-12-26-29(14-18)13-17-9-16(3)22-20(10-17)34-27-24(22)28-35(31,32)23-15(2)7-6-8-19(23)33-4/h1,6-10,12,14H,11,13H2,2-4H3,(H,25,30)(H,27,28). The summed E-state index contributed by atoms with van der Waals surface area (Å²) in [4.78, 5) is 11.3. The lowest BCUT2D eigenvalue weighted by atomic mass is 10.1. The molecule has 0 spiro atoms. The van der Waals surface area contributed by atoms with E-state index in [0.717, 1.165) is 16.7 Å². The van der Waals surface area contributed by atoms with E-state index >= 15 is 0 Å². The SMILES string of the molecule is C#CC(=O)NCc1cnn(Cc2cc(C)c3c(NS(=O)(=O)c4c(C)cccc4OC)noc3c2)c1. The smallest absolute Gasteiger partial charge is 0.295 e. The average molecular weight is 494 g/mol. The predicted molar refractivity (Wildman–Crippen MR) is 129 cm³/mol. The van der Waals surface area contributed by atoms with Gasteiger partial charge in [-0.2, -0.15) is 5.10 Å². The van der Waals surface area contributed by atoms with Crippen molar-refractivity contribution in [2.75, 3.05) is 11.8 Å². The van der Waals surface area contributed by atoms with Gasteiger partial charge in [-0.3, -0.25) is 14.2 Å². The fourth-order valence-corrected chi connectivity index (χ4v) is 5.22. The van der Waals surface area contributed by atoms with Gasteiger partial charge >= 0.3 is 0 Å². The van der Waals surface area contributed by atoms with Gasteiger partial charge in [-0.15, -0.1) is 6.42 Å². The van der Waals surface area contributed by atoms with Crippen LogP contribution in [0, 0.1) is 26.2 Å². The number of carbonyl (C=O) groups excluding carboxylic acids is 1. The Morgan fingerprint density at radius 2 is 2.03 bits per heavy atom. The highest BCUT2D eigenvalue weighted by Gasteiger charge is 2.25. The Bertz CT molecular complexity index is 1560. The first-order valence-corrected chi connectivity index (χ1v) is 12.0. The molecule has 0 saturated heterocycles. The number of sulfonamides is 1. The lowest BCUT2D eigenvalue weighted by molar-refractivity contribution is -0.115. The van der Waals surface area contributed by atoms with Crippen LogP contribution in [0.3, 0.4) is 0 Å². The molecule has 10 nitrogen and oxygen atoms in total. The summed E-state index contributed by atoms with van der Waals surface area (Å²) in [7, 11) is -2.57. The van der Waals surface area contributed by atoms with Crippen LogP contribution < -0.4 is 14.8 Å². The number of aromatic nitrogens is 3. The van der Waals surface area contributed by atoms with Crippen molar-refractivity contribution in [1.29, 1.82) is 0 Å². The van der Waals surface area contributed by atoms with Gasteiger partial charge in [0, 0.05) is 18.3 Å². The van der Waals surface area contributed by atoms with Crippen molar-refractivity contribution >= 4 is 32.7 Å². The molecule has 0 fully saturated rings. The molecular weight excluding hydrogens is 470 g/mol. The van der Waals surface area contributed by atoms with Crippen molar-refractivity contribution in [2.45, 2.75) is 31.8 Å². The fraction of sp³-hybridized carbons (Fsp3) is 0.208. The van der Waals surface area contributed by atoms with Crippen molar-refractivity contribution < 1.29 is 22.5 Å². The maximum Gasteiger partial charge on any atom is 0.295 e. The number of fused-ring (bicyclic) bond motifs is 1. The van der Waals surface area contributed by atoms with E-state index < -0.39 is 15.9 Å². The monoisotopic (exact) mass is 493 g/mol. The third-order valence-corrected chi connectivity index (χ3v) is 6.86. The first-order chi connectivity index (χ1) is 16.7. The van der Waals surface area contributed by atoms with Crippen LogP contribution in [0.4, 0.5) is 5.82 Å². The summed E-state index contributed by atoms with van der Waals surface area (Å²) >= 11 is 0. The van der Waals surface area contributed by atoms with E-state index in [-0.39, 0.29) is 23.0 Å². The molecule has 0 bridgehead atoms. The number of amides is 1. The second kappa shape index (κ2) is 9.52. The van der Waals surface area contributed by atoms with Crippen LogP contribution in [0.5, 0.6) is 5.75 Å². The summed E-state index contributed by atoms with van der Waals surface area (Å²) in [6.07, 6.45) is 8.49. The number of nitrogens with zero attached hydrogens (tertiary/aromatic N) is 3. The number of ether oxygens (including phenoxy) is 1. The average Bonchev–Trinajstić information content (AvgIpc) is 3.43. The lowest BCUT2D eigenvalue weighted by Crippen LogP contribution is -2.20. The molecule has 0 radical (unpaired) electrons. The third kappa shape index (κ3) is 4.97. The highest BCUT2D eigenvalue weighted by Crippen LogP contribution is 2.33. The largest absolute Gasteiger partial charge is 0.495 e. The van der Waals surface area contributed by atoms with Crippen molar-refractivity contribution in [3.63, 3.8) is 0 Å². The zero-order valence-electron chi connectivity index (χ0n) is 19.3. The number of methoxy groups -OCH3 is 1. The first-order valence-electron chi connectivity index (χ1n) is 10.5. The van der Waals surface area contributed by atoms with Crippen LogP contribution >= 0.6 is 0 Å². The molecule has 0 aliphatic carbocycles. The normalized spacial score (nSPS) is 11.3. The second-order valence-corrected chi connectivity index (χ2v) is 9.52. The number of anilines is 1. The number of benzene rings is 2. The molecule has 2 N–H and O–H groups in total. The summed E-state index contributed by atoms with van der Waals surface area (Å²) in [5, 5.41) is 11.4. The maximum atomic E-state index is 13.2. The number of hydrogen-bond donors (Lipinski definition) is 2. The molecule has 2 aromatic carbocycles. The second-order valence-electron chi connectivity index (χ2n) is 7.90. The molecule has 0 aliphatic heterocycles. The summed E-state index contributed by atoms with van der Waals surface area (Å²) in [5.74, 6) is 1.84. The van der Waals surface area contributed by atoms with E-state index in [1.165, 1.54) is 7.11 Å². The highest BCUT2D eigenvalue weighted by molar-refractivity contribution is 7.92. The number of carbonyl (C=O) groups is 1. The number of rotatable bonds is 8. The molecule has 1 amide bonds. The van der Waals surface area contributed by atoms with Crippen molar-refractivity contribution in [1.82, 2.24) is 20.3 Å². The van der Waals surface area contributed by atoms with E-state index in [0.29, 0.717) is 23.1 Å². The van der Waals surface area contributed by atoms with Crippen LogP contribution in [0.2, 0.25) is 0 Å². The Kier molecular flexibility index (Phi) is 6.48. The highest BCUT2D eigenvalue weighted by atomic mass is 32.2. The molecule has 0 saturated carbocycles. The molecule has 4 aromatic rings. The topological polar surface area (TPSA) is 128 Å². The van der Waals surface area contributed by atoms with Gasteiger partial charge in [-0.25, -0.2) is 8.42 Å². The Morgan fingerprint density at radius 3 is 2.77 bits per heavy atom. The molecule has 180 valence electrons. The molecule has 11 heteroatoms. The molecule has 4 rings (SSSR count). The number of nitrogens with one attached hydrogen (secondary N) is 2. The van der Waals surface area contributed by atoms with E-state index in [9.17, 15) is 13.2 Å². The Labute approximate surface area is 202 Å². The van der Waals surface area contributed by atoms with Gasteiger partial charge in [0.25, 0.3) is 15.9 Å². The van der Waals surface area contributed by atoms with Gasteiger partial charge in [0.1, 0.15) is 10.6 Å². The summed E-state index contributed by atoms with van der Waals surface area (Å²) in [6.45, 7) is 4.25. The van der Waals surface area contributed by atoms with Gasteiger partial charge in [0.2, 0.25) is 0 Å². The maximum absolute atomic E-state index is 13.2. The molecule has 2 aromatic heterocycles. The first kappa shape index (κ1) is 23.8. The molecule has 35 heavy (non-hydrogen) atoms. The summed E-state index contributed by atoms with van der Waals surface area (Å²) < 4.78 is 41.3. The van der Waals surface area contributed by atoms with Crippen molar-refractivity contribution in [3.8, 4) is 18.1 Å². The number of hydrogen-bond acceptors (Lipinski definition) is 7. The fourth-order valence-electron chi connectivity index (χ4n) is 3.82. The van der Waals surface area contributed by atoms with Gasteiger partial charge in [0.15, 0.2) is 11.4 Å². The van der Waals surface area contributed by atoms with E-state index in [4.69, 9.17) is 15.7 Å². The van der Waals surface area contributed by atoms with Crippen LogP contribution in [-0.2, 0) is 27.9 Å². The van der Waals surface area contributed by atoms with E-state index in [1.54, 1.807) is 48.3 Å². The molecule has 2 heterocycles. The minimum absolute atomic E-state index is 0.0424. The minimum atomic E-state index is -3.99. The molecule has 0 aliphatic rings. The van der Waals surface area contributed by atoms with E-state index in [2.05, 4.69) is 20.3 Å². The van der Waals surface area contributed by atoms with Gasteiger partial charge < -0.3 is 14.6 Å². The molecular formula is C24H23N5O5S. The van der Waals surface area contributed by atoms with Crippen LogP contribution in [-0.4, -0.2) is 36.4 Å². The Morgan fingerprint density at radius 1 is 1.23 bits per heavy atom. The van der Waals surface area contributed by atoms with Crippen LogP contribution in [0.1, 0.15) is 22.3 Å². The zero-order chi connectivity index (χ0) is 25.2. The van der Waals surface area contributed by atoms with Crippen molar-refractivity contribution in [3.05, 3.63) is 65.0 Å². The van der Waals surface area contributed by atoms with Crippen LogP contribution in [0.15, 0.2) is 52.1 Å². The third-order valence-electron chi connectivity index (χ3n) is 5.34. The molecule has 0 atom stereocenters. The van der Waals surface area contributed by atoms with Crippen molar-refractivity contribution in [2.24, 2.45) is 0 Å². The predicted octanol–water partition coefficient (Wildman–Crippen LogP) is 2.75. The van der Waals surface area contributed by atoms with Gasteiger partial charge in [-0.05, 0) is 48.6 Å². The Balaban J connectivity index is 1.58. The van der Waals surface area contributed by atoms with Crippen LogP contribution in [0.25, 0.3) is 11.0 Å². The zero-order valence-corrected chi connectivity index (χ0v) is 20.1. The van der Waals surface area contributed by atoms with Gasteiger partial charge in [0.05, 0.1) is 25.2 Å². The number of terminal acetylenes is 1. The summed E-state index contributed by atoms with van der Waals surface area (Å²) in [6, 6.07) is 8.69.